The number of aliphatic carboxylic acids is 1. The van der Waals surface area contributed by atoms with Crippen LogP contribution in [0.4, 0.5) is 0 Å². The Hall–Kier alpha value is -1.71. The number of carbonyl (C=O) groups is 2. The summed E-state index contributed by atoms with van der Waals surface area (Å²) in [6, 6.07) is 4.28. The molecule has 1 heterocycles. The molecule has 1 aliphatic rings. The first kappa shape index (κ1) is 20.6. The van der Waals surface area contributed by atoms with Crippen molar-refractivity contribution in [3.05, 3.63) is 28.7 Å². The summed E-state index contributed by atoms with van der Waals surface area (Å²) in [5.41, 5.74) is 0.685. The summed E-state index contributed by atoms with van der Waals surface area (Å²) in [6.07, 6.45) is 3.88. The van der Waals surface area contributed by atoms with Crippen molar-refractivity contribution in [1.82, 2.24) is 4.90 Å². The lowest BCUT2D eigenvalue weighted by Crippen LogP contribution is -2.44. The van der Waals surface area contributed by atoms with Crippen LogP contribution in [0, 0.1) is 0 Å². The Morgan fingerprint density at radius 1 is 1.42 bits per heavy atom. The van der Waals surface area contributed by atoms with E-state index in [2.05, 4.69) is 0 Å². The van der Waals surface area contributed by atoms with Crippen molar-refractivity contribution in [2.24, 2.45) is 0 Å². The van der Waals surface area contributed by atoms with Gasteiger partial charge in [-0.2, -0.15) is 11.8 Å². The second-order valence-electron chi connectivity index (χ2n) is 5.30. The first-order chi connectivity index (χ1) is 12.4. The van der Waals surface area contributed by atoms with E-state index >= 15 is 0 Å². The molecule has 1 aromatic rings. The highest BCUT2D eigenvalue weighted by atomic mass is 32.2. The number of methoxy groups -OCH3 is 2. The number of nitrogens with zero attached hydrogens (tertiary/aromatic N) is 1. The summed E-state index contributed by atoms with van der Waals surface area (Å²) in [5, 5.41) is 9.49. The Morgan fingerprint density at radius 3 is 2.73 bits per heavy atom. The second kappa shape index (κ2) is 9.29. The van der Waals surface area contributed by atoms with Crippen LogP contribution in [0.2, 0.25) is 0 Å². The zero-order valence-corrected chi connectivity index (χ0v) is 17.0. The lowest BCUT2D eigenvalue weighted by Gasteiger charge is -2.22. The van der Waals surface area contributed by atoms with Gasteiger partial charge in [0.1, 0.15) is 21.9 Å². The largest absolute Gasteiger partial charge is 0.497 e. The highest BCUT2D eigenvalue weighted by molar-refractivity contribution is 8.26. The summed E-state index contributed by atoms with van der Waals surface area (Å²) < 4.78 is 10.8. The van der Waals surface area contributed by atoms with Crippen LogP contribution in [0.25, 0.3) is 6.08 Å². The molecule has 26 heavy (non-hydrogen) atoms. The number of hydrogen-bond donors (Lipinski definition) is 1. The molecule has 1 aromatic carbocycles. The van der Waals surface area contributed by atoms with Gasteiger partial charge >= 0.3 is 5.97 Å². The Bertz CT molecular complexity index is 750. The average Bonchev–Trinajstić information content (AvgIpc) is 2.89. The summed E-state index contributed by atoms with van der Waals surface area (Å²) in [6.45, 7) is 0. The maximum atomic E-state index is 12.8. The third kappa shape index (κ3) is 4.52. The van der Waals surface area contributed by atoms with E-state index in [0.717, 1.165) is 11.8 Å². The zero-order valence-electron chi connectivity index (χ0n) is 14.6. The lowest BCUT2D eigenvalue weighted by atomic mass is 10.1. The molecule has 0 saturated carbocycles. The molecule has 0 spiro atoms. The van der Waals surface area contributed by atoms with Crippen molar-refractivity contribution in [3.8, 4) is 11.5 Å². The third-order valence-corrected chi connectivity index (χ3v) is 5.72. The monoisotopic (exact) mass is 413 g/mol. The minimum Gasteiger partial charge on any atom is -0.497 e. The van der Waals surface area contributed by atoms with Gasteiger partial charge in [0.25, 0.3) is 5.91 Å². The van der Waals surface area contributed by atoms with E-state index in [1.54, 1.807) is 31.4 Å². The average molecular weight is 414 g/mol. The second-order valence-corrected chi connectivity index (χ2v) is 7.96. The molecule has 6 nitrogen and oxygen atoms in total. The fraction of sp³-hybridized carbons (Fsp3) is 0.353. The summed E-state index contributed by atoms with van der Waals surface area (Å²) in [5.74, 6) is 0.352. The van der Waals surface area contributed by atoms with Crippen LogP contribution >= 0.6 is 35.7 Å². The molecule has 0 unspecified atom stereocenters. The van der Waals surface area contributed by atoms with Gasteiger partial charge in [0.15, 0.2) is 0 Å². The molecule has 2 rings (SSSR count). The molecule has 0 bridgehead atoms. The van der Waals surface area contributed by atoms with Crippen LogP contribution in [0.1, 0.15) is 12.0 Å². The number of rotatable bonds is 8. The lowest BCUT2D eigenvalue weighted by molar-refractivity contribution is -0.145. The predicted molar refractivity (Wildman–Crippen MR) is 109 cm³/mol. The first-order valence-electron chi connectivity index (χ1n) is 7.63. The summed E-state index contributed by atoms with van der Waals surface area (Å²) >= 11 is 7.89. The van der Waals surface area contributed by atoms with E-state index in [4.69, 9.17) is 21.7 Å². The number of carboxylic acids is 1. The third-order valence-electron chi connectivity index (χ3n) is 3.74. The molecule has 0 radical (unpaired) electrons. The Morgan fingerprint density at radius 2 is 2.15 bits per heavy atom. The van der Waals surface area contributed by atoms with Crippen molar-refractivity contribution < 1.29 is 24.2 Å². The van der Waals surface area contributed by atoms with Gasteiger partial charge in [0.05, 0.1) is 19.1 Å². The van der Waals surface area contributed by atoms with Crippen molar-refractivity contribution in [2.45, 2.75) is 12.5 Å². The maximum absolute atomic E-state index is 12.8. The van der Waals surface area contributed by atoms with Gasteiger partial charge in [0, 0.05) is 11.6 Å². The fourth-order valence-electron chi connectivity index (χ4n) is 2.42. The van der Waals surface area contributed by atoms with Crippen LogP contribution in [0.3, 0.4) is 0 Å². The van der Waals surface area contributed by atoms with Gasteiger partial charge in [-0.15, -0.1) is 0 Å². The molecule has 1 amide bonds. The van der Waals surface area contributed by atoms with Gasteiger partial charge in [-0.05, 0) is 36.6 Å². The minimum atomic E-state index is -1.06. The van der Waals surface area contributed by atoms with E-state index in [1.807, 2.05) is 6.26 Å². The Kier molecular flexibility index (Phi) is 7.36. The van der Waals surface area contributed by atoms with Crippen LogP contribution in [0.15, 0.2) is 23.1 Å². The van der Waals surface area contributed by atoms with Gasteiger partial charge < -0.3 is 14.6 Å². The first-order valence-corrected chi connectivity index (χ1v) is 10.3. The molecule has 9 heteroatoms. The van der Waals surface area contributed by atoms with Crippen molar-refractivity contribution in [1.29, 1.82) is 0 Å². The normalized spacial score (nSPS) is 16.9. The van der Waals surface area contributed by atoms with E-state index in [0.29, 0.717) is 34.1 Å². The Labute approximate surface area is 165 Å². The molecule has 1 N–H and O–H groups in total. The standard InChI is InChI=1S/C17H19NO5S3/c1-22-11-5-4-10(13(9-11)23-2)8-14-15(19)18(17(24)26-14)12(16(20)21)6-7-25-3/h4-5,8-9,12H,6-7H2,1-3H3,(H,20,21)/b14-8-/t12-/m1/s1. The van der Waals surface area contributed by atoms with E-state index in [-0.39, 0.29) is 4.32 Å². The topological polar surface area (TPSA) is 76.1 Å². The quantitative estimate of drug-likeness (QED) is 0.515. The fourth-order valence-corrected chi connectivity index (χ4v) is 4.23. The summed E-state index contributed by atoms with van der Waals surface area (Å²) in [7, 11) is 3.08. The van der Waals surface area contributed by atoms with Crippen LogP contribution in [-0.2, 0) is 9.59 Å². The van der Waals surface area contributed by atoms with Crippen LogP contribution in [-0.4, -0.2) is 58.5 Å². The number of thioether (sulfide) groups is 2. The number of carbonyl (C=O) groups excluding carboxylic acids is 1. The molecule has 1 atom stereocenters. The smallest absolute Gasteiger partial charge is 0.326 e. The van der Waals surface area contributed by atoms with Crippen LogP contribution in [0.5, 0.6) is 11.5 Å². The maximum Gasteiger partial charge on any atom is 0.326 e. The van der Waals surface area contributed by atoms with Gasteiger partial charge in [-0.25, -0.2) is 4.79 Å². The molecule has 140 valence electrons. The number of ether oxygens (including phenoxy) is 2. The van der Waals surface area contributed by atoms with Crippen LogP contribution < -0.4 is 9.47 Å². The summed E-state index contributed by atoms with van der Waals surface area (Å²) in [4.78, 5) is 25.9. The van der Waals surface area contributed by atoms with Gasteiger partial charge in [-0.1, -0.05) is 24.0 Å². The highest BCUT2D eigenvalue weighted by Gasteiger charge is 2.40. The van der Waals surface area contributed by atoms with E-state index in [1.165, 1.54) is 23.8 Å². The minimum absolute atomic E-state index is 0.252. The highest BCUT2D eigenvalue weighted by Crippen LogP contribution is 2.36. The van der Waals surface area contributed by atoms with E-state index < -0.39 is 17.9 Å². The molecular formula is C17H19NO5S3. The van der Waals surface area contributed by atoms with Gasteiger partial charge in [0.2, 0.25) is 0 Å². The Balaban J connectivity index is 2.33. The molecule has 1 fully saturated rings. The molecule has 0 aliphatic carbocycles. The van der Waals surface area contributed by atoms with Gasteiger partial charge in [-0.3, -0.25) is 9.69 Å². The van der Waals surface area contributed by atoms with E-state index in [9.17, 15) is 14.7 Å². The number of benzene rings is 1. The number of carboxylic acid groups (broad SMARTS) is 1. The molecule has 1 saturated heterocycles. The molecule has 1 aliphatic heterocycles. The molecule has 0 aromatic heterocycles. The van der Waals surface area contributed by atoms with Crippen molar-refractivity contribution in [2.75, 3.05) is 26.2 Å². The number of thiocarbonyl (C=S) groups is 1. The SMILES string of the molecule is COc1ccc(/C=C2\SC(=S)N([C@H](CCSC)C(=O)O)C2=O)c(OC)c1. The molecular weight excluding hydrogens is 394 g/mol. The number of amides is 1. The predicted octanol–water partition coefficient (Wildman–Crippen LogP) is 3.11. The number of hydrogen-bond acceptors (Lipinski definition) is 7. The zero-order chi connectivity index (χ0) is 19.3. The van der Waals surface area contributed by atoms with Crippen molar-refractivity contribution in [3.63, 3.8) is 0 Å². The van der Waals surface area contributed by atoms with Crippen molar-refractivity contribution >= 4 is 58.0 Å².